The van der Waals surface area contributed by atoms with Crippen LogP contribution in [0.15, 0.2) is 42.5 Å². The van der Waals surface area contributed by atoms with Crippen molar-refractivity contribution < 1.29 is 19.1 Å². The molecular weight excluding hydrogens is 383 g/mol. The van der Waals surface area contributed by atoms with Crippen molar-refractivity contribution in [2.45, 2.75) is 25.7 Å². The molecule has 30 heavy (non-hydrogen) atoms. The van der Waals surface area contributed by atoms with Crippen molar-refractivity contribution in [3.8, 4) is 11.1 Å². The molecule has 3 aromatic rings. The van der Waals surface area contributed by atoms with Gasteiger partial charge in [-0.15, -0.1) is 0 Å². The Labute approximate surface area is 172 Å². The highest BCUT2D eigenvalue weighted by Gasteiger charge is 2.30. The van der Waals surface area contributed by atoms with Crippen LogP contribution in [0.5, 0.6) is 0 Å². The van der Waals surface area contributed by atoms with Gasteiger partial charge in [0.15, 0.2) is 0 Å². The van der Waals surface area contributed by atoms with E-state index in [4.69, 9.17) is 0 Å². The zero-order chi connectivity index (χ0) is 20.8. The molecule has 1 aliphatic heterocycles. The van der Waals surface area contributed by atoms with E-state index in [-0.39, 0.29) is 17.3 Å². The Kier molecular flexibility index (Phi) is 4.28. The van der Waals surface area contributed by atoms with Crippen LogP contribution in [0.25, 0.3) is 22.8 Å². The van der Waals surface area contributed by atoms with Gasteiger partial charge in [0.05, 0.1) is 16.8 Å². The van der Waals surface area contributed by atoms with Gasteiger partial charge in [0.1, 0.15) is 5.82 Å². The third-order valence-corrected chi connectivity index (χ3v) is 5.79. The Morgan fingerprint density at radius 1 is 1.10 bits per heavy atom. The summed E-state index contributed by atoms with van der Waals surface area (Å²) in [5.41, 5.74) is 5.44. The number of aromatic amines is 1. The van der Waals surface area contributed by atoms with Gasteiger partial charge in [-0.25, -0.2) is 9.18 Å². The standard InChI is InChI=1S/C24H19FN2O3/c25-14-6-3-5-13(11-14)15-8-4-10-19-21(15)17(23(28)27-19)12-20-22(24(29)30)16-7-1-2-9-18(16)26-20/h3-6,8,10-12,26H,1-2,7,9H2,(H,27,28)(H,29,30). The second kappa shape index (κ2) is 6.99. The van der Waals surface area contributed by atoms with Gasteiger partial charge in [-0.1, -0.05) is 24.3 Å². The van der Waals surface area contributed by atoms with Crippen molar-refractivity contribution in [2.75, 3.05) is 5.32 Å². The molecule has 2 aliphatic rings. The summed E-state index contributed by atoms with van der Waals surface area (Å²) in [6.07, 6.45) is 5.10. The zero-order valence-corrected chi connectivity index (χ0v) is 16.1. The number of rotatable bonds is 3. The first kappa shape index (κ1) is 18.4. The average molecular weight is 402 g/mol. The van der Waals surface area contributed by atoms with Crippen LogP contribution < -0.4 is 5.32 Å². The Morgan fingerprint density at radius 2 is 1.90 bits per heavy atom. The maximum atomic E-state index is 13.8. The van der Waals surface area contributed by atoms with Gasteiger partial charge in [-0.05, 0) is 66.6 Å². The number of aryl methyl sites for hydroxylation is 1. The minimum Gasteiger partial charge on any atom is -0.478 e. The molecule has 0 saturated carbocycles. The van der Waals surface area contributed by atoms with E-state index in [1.165, 1.54) is 12.1 Å². The number of benzene rings is 2. The molecule has 2 aromatic carbocycles. The van der Waals surface area contributed by atoms with Gasteiger partial charge in [0, 0.05) is 16.9 Å². The minimum absolute atomic E-state index is 0.238. The zero-order valence-electron chi connectivity index (χ0n) is 16.1. The van der Waals surface area contributed by atoms with Gasteiger partial charge in [-0.3, -0.25) is 4.79 Å². The number of carboxylic acid groups (broad SMARTS) is 1. The molecule has 150 valence electrons. The number of nitrogens with one attached hydrogen (secondary N) is 2. The molecule has 6 heteroatoms. The normalized spacial score (nSPS) is 16.3. The number of halogens is 1. The first-order valence-corrected chi connectivity index (χ1v) is 9.92. The van der Waals surface area contributed by atoms with Crippen LogP contribution in [0.3, 0.4) is 0 Å². The van der Waals surface area contributed by atoms with Gasteiger partial charge >= 0.3 is 5.97 Å². The minimum atomic E-state index is -1.00. The predicted molar refractivity (Wildman–Crippen MR) is 113 cm³/mol. The molecule has 5 rings (SSSR count). The van der Waals surface area contributed by atoms with Crippen LogP contribution in [0.2, 0.25) is 0 Å². The van der Waals surface area contributed by atoms with Gasteiger partial charge < -0.3 is 15.4 Å². The lowest BCUT2D eigenvalue weighted by molar-refractivity contribution is -0.110. The van der Waals surface area contributed by atoms with Gasteiger partial charge in [0.25, 0.3) is 5.91 Å². The van der Waals surface area contributed by atoms with Crippen molar-refractivity contribution in [2.24, 2.45) is 0 Å². The fourth-order valence-electron chi connectivity index (χ4n) is 4.49. The number of hydrogen-bond donors (Lipinski definition) is 3. The Hall–Kier alpha value is -3.67. The Morgan fingerprint density at radius 3 is 2.70 bits per heavy atom. The number of anilines is 1. The largest absolute Gasteiger partial charge is 0.478 e. The van der Waals surface area contributed by atoms with Crippen LogP contribution in [0, 0.1) is 5.82 Å². The predicted octanol–water partition coefficient (Wildman–Crippen LogP) is 4.89. The van der Waals surface area contributed by atoms with Crippen molar-refractivity contribution >= 4 is 29.2 Å². The maximum absolute atomic E-state index is 13.8. The second-order valence-electron chi connectivity index (χ2n) is 7.63. The summed E-state index contributed by atoms with van der Waals surface area (Å²) in [4.78, 5) is 28.0. The monoisotopic (exact) mass is 402 g/mol. The van der Waals surface area contributed by atoms with Crippen LogP contribution >= 0.6 is 0 Å². The van der Waals surface area contributed by atoms with Crippen LogP contribution in [-0.4, -0.2) is 22.0 Å². The molecule has 0 radical (unpaired) electrons. The Bertz CT molecular complexity index is 1240. The fourth-order valence-corrected chi connectivity index (χ4v) is 4.49. The van der Waals surface area contributed by atoms with Crippen LogP contribution in [0.1, 0.15) is 45.7 Å². The molecule has 0 spiro atoms. The number of carboxylic acids is 1. The molecule has 0 fully saturated rings. The SMILES string of the molecule is O=C1Nc2cccc(-c3cccc(F)c3)c2C1=Cc1[nH]c2c(c1C(=O)O)CCCC2. The number of carbonyl (C=O) groups excluding carboxylic acids is 1. The van der Waals surface area contributed by atoms with Crippen molar-refractivity contribution in [3.05, 3.63) is 76.4 Å². The van der Waals surface area contributed by atoms with E-state index in [0.717, 1.165) is 30.5 Å². The van der Waals surface area contributed by atoms with E-state index in [9.17, 15) is 19.1 Å². The molecule has 0 bridgehead atoms. The number of H-pyrrole nitrogens is 1. The summed E-state index contributed by atoms with van der Waals surface area (Å²) in [7, 11) is 0. The highest BCUT2D eigenvalue weighted by atomic mass is 19.1. The summed E-state index contributed by atoms with van der Waals surface area (Å²) >= 11 is 0. The number of fused-ring (bicyclic) bond motifs is 2. The third-order valence-electron chi connectivity index (χ3n) is 5.79. The third kappa shape index (κ3) is 2.92. The van der Waals surface area contributed by atoms with E-state index >= 15 is 0 Å². The molecule has 5 nitrogen and oxygen atoms in total. The molecule has 0 saturated heterocycles. The highest BCUT2D eigenvalue weighted by molar-refractivity contribution is 6.36. The first-order valence-electron chi connectivity index (χ1n) is 9.92. The maximum Gasteiger partial charge on any atom is 0.338 e. The summed E-state index contributed by atoms with van der Waals surface area (Å²) in [5, 5.41) is 12.7. The smallest absolute Gasteiger partial charge is 0.338 e. The summed E-state index contributed by atoms with van der Waals surface area (Å²) in [6, 6.07) is 11.6. The molecule has 0 unspecified atom stereocenters. The summed E-state index contributed by atoms with van der Waals surface area (Å²) in [6.45, 7) is 0. The average Bonchev–Trinajstić information content (AvgIpc) is 3.25. The second-order valence-corrected chi connectivity index (χ2v) is 7.63. The van der Waals surface area contributed by atoms with Crippen molar-refractivity contribution in [3.63, 3.8) is 0 Å². The lowest BCUT2D eigenvalue weighted by atomic mass is 9.92. The molecular formula is C24H19FN2O3. The van der Waals surface area contributed by atoms with Gasteiger partial charge in [-0.2, -0.15) is 0 Å². The summed E-state index contributed by atoms with van der Waals surface area (Å²) in [5.74, 6) is -1.67. The fraction of sp³-hybridized carbons (Fsp3) is 0.167. The number of aromatic nitrogens is 1. The molecule has 3 N–H and O–H groups in total. The topological polar surface area (TPSA) is 82.2 Å². The highest BCUT2D eigenvalue weighted by Crippen LogP contribution is 2.41. The lowest BCUT2D eigenvalue weighted by Gasteiger charge is -2.10. The molecule has 1 amide bonds. The van der Waals surface area contributed by atoms with Gasteiger partial charge in [0.2, 0.25) is 0 Å². The van der Waals surface area contributed by atoms with Crippen LogP contribution in [0.4, 0.5) is 10.1 Å². The first-order chi connectivity index (χ1) is 14.5. The van der Waals surface area contributed by atoms with E-state index in [2.05, 4.69) is 10.3 Å². The molecule has 1 aromatic heterocycles. The Balaban J connectivity index is 1.71. The quantitative estimate of drug-likeness (QED) is 0.546. The van der Waals surface area contributed by atoms with E-state index < -0.39 is 5.97 Å². The van der Waals surface area contributed by atoms with Crippen LogP contribution in [-0.2, 0) is 17.6 Å². The molecule has 1 aliphatic carbocycles. The summed E-state index contributed by atoms with van der Waals surface area (Å²) < 4.78 is 13.8. The van der Waals surface area contributed by atoms with Crippen molar-refractivity contribution in [1.29, 1.82) is 0 Å². The number of carbonyl (C=O) groups is 2. The number of amides is 1. The lowest BCUT2D eigenvalue weighted by Crippen LogP contribution is -2.07. The molecule has 2 heterocycles. The number of aromatic carboxylic acids is 1. The molecule has 0 atom stereocenters. The van der Waals surface area contributed by atoms with E-state index in [1.54, 1.807) is 30.3 Å². The number of hydrogen-bond acceptors (Lipinski definition) is 2. The van der Waals surface area contributed by atoms with E-state index in [1.807, 2.05) is 6.07 Å². The van der Waals surface area contributed by atoms with E-state index in [0.29, 0.717) is 40.1 Å². The van der Waals surface area contributed by atoms with Crippen molar-refractivity contribution in [1.82, 2.24) is 4.98 Å².